The van der Waals surface area contributed by atoms with Crippen molar-refractivity contribution in [2.45, 2.75) is 44.8 Å². The van der Waals surface area contributed by atoms with E-state index in [1.165, 1.54) is 0 Å². The molecule has 10 heteroatoms. The summed E-state index contributed by atoms with van der Waals surface area (Å²) in [4.78, 5) is 45.0. The van der Waals surface area contributed by atoms with E-state index in [0.717, 1.165) is 35.1 Å². The highest BCUT2D eigenvalue weighted by atomic mass is 35.5. The van der Waals surface area contributed by atoms with E-state index in [2.05, 4.69) is 10.3 Å². The van der Waals surface area contributed by atoms with E-state index in [1.807, 2.05) is 36.4 Å². The molecule has 2 amide bonds. The fourth-order valence-electron chi connectivity index (χ4n) is 5.57. The zero-order chi connectivity index (χ0) is 31.1. The lowest BCUT2D eigenvalue weighted by Crippen LogP contribution is -2.42. The number of pyridine rings is 1. The number of methoxy groups -OCH3 is 1. The van der Waals surface area contributed by atoms with Gasteiger partial charge in [-0.3, -0.25) is 9.59 Å². The molecule has 2 aromatic carbocycles. The number of aromatic nitrogens is 1. The van der Waals surface area contributed by atoms with E-state index < -0.39 is 11.9 Å². The number of hydrogen-bond donors (Lipinski definition) is 1. The highest BCUT2D eigenvalue weighted by molar-refractivity contribution is 6.29. The Bertz CT molecular complexity index is 1500. The van der Waals surface area contributed by atoms with Crippen molar-refractivity contribution in [2.75, 3.05) is 33.4 Å². The normalized spacial score (nSPS) is 18.4. The Hall–Kier alpha value is -4.05. The third-order valence-electron chi connectivity index (χ3n) is 8.00. The van der Waals surface area contributed by atoms with E-state index in [0.29, 0.717) is 48.3 Å². The molecule has 0 spiro atoms. The van der Waals surface area contributed by atoms with Gasteiger partial charge in [0.25, 0.3) is 5.91 Å². The van der Waals surface area contributed by atoms with E-state index in [-0.39, 0.29) is 30.9 Å². The molecule has 0 radical (unpaired) electrons. The molecule has 230 valence electrons. The molecule has 1 saturated heterocycles. The summed E-state index contributed by atoms with van der Waals surface area (Å²) in [7, 11) is 1.59. The molecule has 1 N–H and O–H groups in total. The first-order valence-corrected chi connectivity index (χ1v) is 15.1. The number of benzene rings is 2. The lowest BCUT2D eigenvalue weighted by atomic mass is 9.84. The Morgan fingerprint density at radius 3 is 2.43 bits per heavy atom. The van der Waals surface area contributed by atoms with Gasteiger partial charge in [-0.2, -0.15) is 0 Å². The summed E-state index contributed by atoms with van der Waals surface area (Å²) in [5.74, 6) is -1.18. The number of esters is 1. The van der Waals surface area contributed by atoms with Gasteiger partial charge in [0.15, 0.2) is 0 Å². The molecule has 2 atom stereocenters. The third kappa shape index (κ3) is 7.53. The van der Waals surface area contributed by atoms with Gasteiger partial charge in [-0.15, -0.1) is 0 Å². The van der Waals surface area contributed by atoms with E-state index in [4.69, 9.17) is 25.8 Å². The Kier molecular flexibility index (Phi) is 10.4. The van der Waals surface area contributed by atoms with E-state index >= 15 is 0 Å². The van der Waals surface area contributed by atoms with Crippen LogP contribution in [0.15, 0.2) is 78.1 Å². The van der Waals surface area contributed by atoms with Crippen molar-refractivity contribution >= 4 is 29.4 Å². The van der Waals surface area contributed by atoms with Crippen molar-refractivity contribution in [1.29, 1.82) is 0 Å². The highest BCUT2D eigenvalue weighted by Gasteiger charge is 2.38. The maximum absolute atomic E-state index is 13.6. The molecule has 3 aromatic rings. The van der Waals surface area contributed by atoms with Gasteiger partial charge in [-0.05, 0) is 60.2 Å². The zero-order valence-corrected chi connectivity index (χ0v) is 25.6. The predicted octanol–water partition coefficient (Wildman–Crippen LogP) is 5.29. The van der Waals surface area contributed by atoms with Crippen molar-refractivity contribution in [3.63, 3.8) is 0 Å². The van der Waals surface area contributed by atoms with Crippen LogP contribution in [0.4, 0.5) is 0 Å². The van der Waals surface area contributed by atoms with Gasteiger partial charge in [0.05, 0.1) is 24.8 Å². The average Bonchev–Trinajstić information content (AvgIpc) is 3.56. The van der Waals surface area contributed by atoms with E-state index in [1.54, 1.807) is 49.4 Å². The van der Waals surface area contributed by atoms with E-state index in [9.17, 15) is 14.4 Å². The van der Waals surface area contributed by atoms with Crippen LogP contribution in [0, 0.1) is 0 Å². The maximum atomic E-state index is 13.6. The Balaban J connectivity index is 1.28. The Labute approximate surface area is 262 Å². The molecule has 0 aliphatic carbocycles. The van der Waals surface area contributed by atoms with Crippen LogP contribution in [0.5, 0.6) is 0 Å². The maximum Gasteiger partial charge on any atom is 0.336 e. The number of halogens is 1. The van der Waals surface area contributed by atoms with Gasteiger partial charge in [0.1, 0.15) is 11.8 Å². The SMILES string of the molecule is COCCNC(=O)c1ccc(-c2ccc(COC(=O)C3=C(C)N(CC4CCCO4)C(=O)CC3c3ccc(Cl)nc3)cc2)cc1. The number of rotatable bonds is 11. The second kappa shape index (κ2) is 14.6. The zero-order valence-electron chi connectivity index (χ0n) is 24.9. The summed E-state index contributed by atoms with van der Waals surface area (Å²) in [6, 6.07) is 18.5. The summed E-state index contributed by atoms with van der Waals surface area (Å²) in [5, 5.41) is 3.15. The number of nitrogens with zero attached hydrogens (tertiary/aromatic N) is 2. The lowest BCUT2D eigenvalue weighted by Gasteiger charge is -2.35. The van der Waals surface area contributed by atoms with Gasteiger partial charge < -0.3 is 24.4 Å². The van der Waals surface area contributed by atoms with Gasteiger partial charge in [0, 0.05) is 50.1 Å². The number of allylic oxidation sites excluding steroid dienone is 1. The summed E-state index contributed by atoms with van der Waals surface area (Å²) < 4.78 is 16.6. The van der Waals surface area contributed by atoms with Crippen LogP contribution in [-0.2, 0) is 30.4 Å². The molecule has 44 heavy (non-hydrogen) atoms. The summed E-state index contributed by atoms with van der Waals surface area (Å²) in [6.45, 7) is 3.86. The molecular formula is C34H36ClN3O6. The monoisotopic (exact) mass is 617 g/mol. The standard InChI is InChI=1S/C34H36ClN3O6/c1-22-32(29(27-13-14-30(35)37-19-27)18-31(39)38(22)20-28-4-3-16-43-28)34(41)44-21-23-5-7-24(8-6-23)25-9-11-26(12-10-25)33(40)36-15-17-42-2/h5-14,19,28-29H,3-4,15-18,20-21H2,1-2H3,(H,36,40). The molecule has 5 rings (SSSR count). The first-order valence-electron chi connectivity index (χ1n) is 14.7. The smallest absolute Gasteiger partial charge is 0.336 e. The van der Waals surface area contributed by atoms with Crippen LogP contribution in [0.3, 0.4) is 0 Å². The molecule has 2 aliphatic heterocycles. The number of ether oxygens (including phenoxy) is 3. The van der Waals surface area contributed by atoms with Crippen molar-refractivity contribution in [1.82, 2.24) is 15.2 Å². The summed E-state index contributed by atoms with van der Waals surface area (Å²) in [6.07, 6.45) is 3.52. The highest BCUT2D eigenvalue weighted by Crippen LogP contribution is 2.38. The molecule has 2 aliphatic rings. The van der Waals surface area contributed by atoms with Crippen LogP contribution in [0.2, 0.25) is 5.15 Å². The minimum atomic E-state index is -0.493. The fourth-order valence-corrected chi connectivity index (χ4v) is 5.68. The predicted molar refractivity (Wildman–Crippen MR) is 166 cm³/mol. The second-order valence-corrected chi connectivity index (χ2v) is 11.3. The molecular weight excluding hydrogens is 582 g/mol. The largest absolute Gasteiger partial charge is 0.457 e. The molecule has 1 aromatic heterocycles. The minimum absolute atomic E-state index is 0.0484. The number of amides is 2. The molecule has 0 bridgehead atoms. The third-order valence-corrected chi connectivity index (χ3v) is 8.23. The van der Waals surface area contributed by atoms with Crippen LogP contribution >= 0.6 is 11.6 Å². The van der Waals surface area contributed by atoms with Gasteiger partial charge >= 0.3 is 5.97 Å². The molecule has 9 nitrogen and oxygen atoms in total. The summed E-state index contributed by atoms with van der Waals surface area (Å²) in [5.41, 5.74) is 5.07. The van der Waals surface area contributed by atoms with Crippen LogP contribution in [0.25, 0.3) is 11.1 Å². The molecule has 3 heterocycles. The first-order chi connectivity index (χ1) is 21.3. The van der Waals surface area contributed by atoms with Crippen molar-refractivity contribution in [3.05, 3.63) is 100.0 Å². The average molecular weight is 618 g/mol. The Morgan fingerprint density at radius 2 is 1.80 bits per heavy atom. The Morgan fingerprint density at radius 1 is 1.07 bits per heavy atom. The van der Waals surface area contributed by atoms with Crippen molar-refractivity contribution in [3.8, 4) is 11.1 Å². The molecule has 2 unspecified atom stereocenters. The number of hydrogen-bond acceptors (Lipinski definition) is 7. The van der Waals surface area contributed by atoms with Crippen LogP contribution < -0.4 is 5.32 Å². The van der Waals surface area contributed by atoms with Crippen LogP contribution in [0.1, 0.15) is 53.6 Å². The van der Waals surface area contributed by atoms with Gasteiger partial charge in [-0.1, -0.05) is 54.1 Å². The van der Waals surface area contributed by atoms with Gasteiger partial charge in [0.2, 0.25) is 5.91 Å². The first kappa shape index (κ1) is 31.4. The topological polar surface area (TPSA) is 107 Å². The lowest BCUT2D eigenvalue weighted by molar-refractivity contribution is -0.141. The number of carbonyl (C=O) groups is 3. The second-order valence-electron chi connectivity index (χ2n) is 10.9. The van der Waals surface area contributed by atoms with Crippen LogP contribution in [-0.4, -0.2) is 67.2 Å². The molecule has 0 saturated carbocycles. The number of carbonyl (C=O) groups excluding carboxylic acids is 3. The van der Waals surface area contributed by atoms with Crippen molar-refractivity contribution in [2.24, 2.45) is 0 Å². The molecule has 1 fully saturated rings. The summed E-state index contributed by atoms with van der Waals surface area (Å²) >= 11 is 6.01. The van der Waals surface area contributed by atoms with Crippen molar-refractivity contribution < 1.29 is 28.6 Å². The minimum Gasteiger partial charge on any atom is -0.457 e. The van der Waals surface area contributed by atoms with Gasteiger partial charge in [-0.25, -0.2) is 9.78 Å². The fraction of sp³-hybridized carbons (Fsp3) is 0.353. The number of nitrogens with one attached hydrogen (secondary N) is 1. The quantitative estimate of drug-likeness (QED) is 0.177.